The molecule has 15 aromatic rings. The molecule has 0 spiro atoms. The van der Waals surface area contributed by atoms with Crippen LogP contribution in [0.3, 0.4) is 0 Å². The smallest absolute Gasteiger partial charge is 0.364 e. The molecule has 48 heteroatoms. The highest BCUT2D eigenvalue weighted by molar-refractivity contribution is 9.10. The first kappa shape index (κ1) is 91.3. The molecule has 42 nitrogen and oxygen atoms in total. The van der Waals surface area contributed by atoms with Crippen LogP contribution in [0.4, 0.5) is 42.3 Å². The standard InChI is InChI=1S/C19H21N7O.C18H20F3N7OS.C17H18N8O2.C16H16BrN7O.C16H16ClN7O/c1-13(27)24-6-8-25(9-7-24)17-4-5-20-19(23-17)16-10-22-18-11-21-15(12-26(16)18)14-2-3-14;1-30(22,29)11-12-3-2-6-27(9-12)15-4-5-23-17(26-15)13-7-25-16-8-24-14(10-28(13)16)18(19,20)21;1-11(26)23-4-6-24(7-5-23)14-2-3-19-17(22-14)13-8-21-15-9-20-12(16(18)27)10-25(13)15;2*1-11(25)22-4-6-23(7-5-22)14-2-3-18-16(21-14)12-8-20-15-9-19-13(17)10-24(12)15/h4-5,10-12,14H,2-3,6-9H2,1H3;4-5,7-8,10,12,22H,2-3,6,9,11H2,1H3;2-3,8-10H,4-7H2,1H3,(H2,18,27);2*2-3,8-10H,4-7H2,1H3. The molecule has 2 atom stereocenters. The molecule has 21 rings (SSSR count). The van der Waals surface area contributed by atoms with Crippen molar-refractivity contribution in [3.63, 3.8) is 0 Å². The number of aromatic nitrogens is 25. The third-order valence-corrected chi connectivity index (χ3v) is 25.1. The summed E-state index contributed by atoms with van der Waals surface area (Å²) in [6, 6.07) is 9.28. The molecule has 6 fully saturated rings. The Labute approximate surface area is 777 Å². The first-order valence-electron chi connectivity index (χ1n) is 43.0. The minimum atomic E-state index is -4.57. The maximum absolute atomic E-state index is 13.0. The van der Waals surface area contributed by atoms with Gasteiger partial charge in [0.2, 0.25) is 23.6 Å². The highest BCUT2D eigenvalue weighted by Gasteiger charge is 2.35. The van der Waals surface area contributed by atoms with Crippen LogP contribution in [0.25, 0.3) is 85.8 Å². The Morgan fingerprint density at radius 3 is 1.10 bits per heavy atom. The van der Waals surface area contributed by atoms with Crippen LogP contribution in [-0.2, 0) is 35.1 Å². The maximum atomic E-state index is 13.0. The summed E-state index contributed by atoms with van der Waals surface area (Å²) < 4.78 is 68.2. The molecule has 6 aliphatic rings. The molecule has 692 valence electrons. The van der Waals surface area contributed by atoms with Gasteiger partial charge in [-0.05, 0) is 77.9 Å². The van der Waals surface area contributed by atoms with Crippen molar-refractivity contribution in [1.82, 2.24) is 141 Å². The van der Waals surface area contributed by atoms with E-state index in [1.807, 2.05) is 74.4 Å². The number of piperazine rings is 4. The molecule has 134 heavy (non-hydrogen) atoms. The number of nitrogens with zero attached hydrogens (tertiary/aromatic N) is 34. The van der Waals surface area contributed by atoms with Crippen molar-refractivity contribution in [3.05, 3.63) is 181 Å². The lowest BCUT2D eigenvalue weighted by Gasteiger charge is -2.34. The van der Waals surface area contributed by atoms with Gasteiger partial charge < -0.3 is 49.8 Å². The van der Waals surface area contributed by atoms with Crippen molar-refractivity contribution in [2.75, 3.05) is 154 Å². The van der Waals surface area contributed by atoms with Gasteiger partial charge in [-0.2, -0.15) is 13.2 Å². The summed E-state index contributed by atoms with van der Waals surface area (Å²) in [6.45, 7) is 19.4. The Kier molecular flexibility index (Phi) is 26.8. The van der Waals surface area contributed by atoms with Gasteiger partial charge in [-0.15, -0.1) is 0 Å². The van der Waals surface area contributed by atoms with Crippen LogP contribution < -0.4 is 30.2 Å². The summed E-state index contributed by atoms with van der Waals surface area (Å²) in [5, 5.41) is 0.378. The number of amides is 5. The molecule has 15 aromatic heterocycles. The lowest BCUT2D eigenvalue weighted by Crippen LogP contribution is -2.48. The lowest BCUT2D eigenvalue weighted by molar-refractivity contribution is -0.141. The minimum Gasteiger partial charge on any atom is -0.364 e. The predicted molar refractivity (Wildman–Crippen MR) is 493 cm³/mol. The Hall–Kier alpha value is -14.6. The van der Waals surface area contributed by atoms with E-state index >= 15 is 0 Å². The number of hydrogen-bond acceptors (Lipinski definition) is 32. The fourth-order valence-electron chi connectivity index (χ4n) is 16.2. The molecule has 0 bridgehead atoms. The van der Waals surface area contributed by atoms with Crippen molar-refractivity contribution in [1.29, 1.82) is 4.78 Å². The molecular weight excluding hydrogens is 1840 g/mol. The van der Waals surface area contributed by atoms with Gasteiger partial charge in [-0.3, -0.25) is 59.9 Å². The molecule has 1 saturated carbocycles. The van der Waals surface area contributed by atoms with Crippen molar-refractivity contribution in [2.45, 2.75) is 65.5 Å². The van der Waals surface area contributed by atoms with Gasteiger partial charge in [0.15, 0.2) is 63.1 Å². The number of piperidine rings is 1. The number of primary amides is 1. The first-order chi connectivity index (χ1) is 64.5. The van der Waals surface area contributed by atoms with E-state index < -0.39 is 27.5 Å². The topological polar surface area (TPSA) is 461 Å². The number of alkyl halides is 3. The van der Waals surface area contributed by atoms with E-state index in [1.165, 1.54) is 42.1 Å². The van der Waals surface area contributed by atoms with Crippen molar-refractivity contribution >= 4 is 124 Å². The van der Waals surface area contributed by atoms with Crippen molar-refractivity contribution in [3.8, 4) is 57.6 Å². The average Bonchev–Trinajstić information content (AvgIpc) is 1.65. The normalized spacial score (nSPS) is 16.5. The predicted octanol–water partition coefficient (Wildman–Crippen LogP) is 7.91. The number of rotatable bonds is 14. The fraction of sp³-hybridized carbons (Fsp3) is 0.360. The summed E-state index contributed by atoms with van der Waals surface area (Å²) in [5.41, 5.74) is 12.0. The first-order valence-corrected chi connectivity index (χ1v) is 46.3. The van der Waals surface area contributed by atoms with E-state index in [0.29, 0.717) is 128 Å². The van der Waals surface area contributed by atoms with Gasteiger partial charge in [-0.25, -0.2) is 94.7 Å². The quantitative estimate of drug-likeness (QED) is 0.104. The summed E-state index contributed by atoms with van der Waals surface area (Å²) in [6.07, 6.45) is 33.6. The summed E-state index contributed by atoms with van der Waals surface area (Å²) in [4.78, 5) is 162. The zero-order chi connectivity index (χ0) is 93.6. The van der Waals surface area contributed by atoms with E-state index in [0.717, 1.165) is 146 Å². The molecule has 5 aliphatic heterocycles. The molecule has 3 N–H and O–H groups in total. The highest BCUT2D eigenvalue weighted by atomic mass is 79.9. The van der Waals surface area contributed by atoms with E-state index in [2.05, 4.69) is 131 Å². The van der Waals surface area contributed by atoms with Crippen LogP contribution in [0.15, 0.2) is 159 Å². The molecule has 20 heterocycles. The lowest BCUT2D eigenvalue weighted by atomic mass is 10.0. The molecule has 0 aromatic carbocycles. The molecule has 2 unspecified atom stereocenters. The van der Waals surface area contributed by atoms with Gasteiger partial charge in [0, 0.05) is 235 Å². The number of imidazole rings is 5. The summed E-state index contributed by atoms with van der Waals surface area (Å²) in [7, 11) is -2.58. The zero-order valence-corrected chi connectivity index (χ0v) is 76.5. The Bertz CT molecular complexity index is 6830. The second-order valence-corrected chi connectivity index (χ2v) is 36.1. The monoisotopic (exact) mass is 1930 g/mol. The van der Waals surface area contributed by atoms with Gasteiger partial charge in [-0.1, -0.05) is 11.6 Å². The van der Waals surface area contributed by atoms with Crippen LogP contribution in [0.5, 0.6) is 0 Å². The molecule has 1 aliphatic carbocycles. The largest absolute Gasteiger partial charge is 0.434 e. The van der Waals surface area contributed by atoms with Gasteiger partial charge >= 0.3 is 6.18 Å². The third kappa shape index (κ3) is 21.3. The van der Waals surface area contributed by atoms with Gasteiger partial charge in [0.1, 0.15) is 73.0 Å². The van der Waals surface area contributed by atoms with E-state index in [9.17, 15) is 41.4 Å². The number of hydrogen-bond donors (Lipinski definition) is 2. The fourth-order valence-corrected chi connectivity index (χ4v) is 17.8. The number of nitrogens with two attached hydrogens (primary N) is 1. The molecular formula is C86H91BrClF3N36O6S. The SMILES string of the molecule is CC(=O)N1CCN(c2ccnc(-c3cnc4cnc(Br)cn34)n2)CC1.CC(=O)N1CCN(c2ccnc(-c3cnc4cnc(C(N)=O)cn34)n2)CC1.CC(=O)N1CCN(c2ccnc(-c3cnc4cnc(C5CC5)cn34)n2)CC1.CC(=O)N1CCN(c2ccnc(-c3cnc4cnc(Cl)cn34)n2)CC1.CS(=N)(=O)CC1CCCN(c2ccnc(-c3cnc4cnc(C(F)(F)F)cn34)n2)C1. The molecule has 0 radical (unpaired) electrons. The van der Waals surface area contributed by atoms with Crippen molar-refractivity contribution in [2.24, 2.45) is 11.7 Å². The summed E-state index contributed by atoms with van der Waals surface area (Å²) in [5.74, 6) is 7.43. The number of fused-ring (bicyclic) bond motifs is 5. The van der Waals surface area contributed by atoms with Crippen molar-refractivity contribution < 1.29 is 41.4 Å². The second-order valence-electron chi connectivity index (χ2n) is 32.6. The van der Waals surface area contributed by atoms with Gasteiger partial charge in [0.25, 0.3) is 5.91 Å². The number of anilines is 5. The third-order valence-electron chi connectivity index (χ3n) is 23.4. The molecule has 5 amide bonds. The minimum absolute atomic E-state index is 0.0858. The number of halogens is 5. The maximum Gasteiger partial charge on any atom is 0.434 e. The van der Waals surface area contributed by atoms with Gasteiger partial charge in [0.05, 0.1) is 67.7 Å². The average molecular weight is 1930 g/mol. The van der Waals surface area contributed by atoms with Crippen LogP contribution in [0, 0.1) is 10.7 Å². The Balaban J connectivity index is 0.000000117. The van der Waals surface area contributed by atoms with E-state index in [-0.39, 0.29) is 46.7 Å². The highest BCUT2D eigenvalue weighted by Crippen LogP contribution is 2.40. The number of carbonyl (C=O) groups excluding carboxylic acids is 5. The van der Waals surface area contributed by atoms with E-state index in [1.54, 1.807) is 113 Å². The Morgan fingerprint density at radius 1 is 0.410 bits per heavy atom. The van der Waals surface area contributed by atoms with Crippen LogP contribution in [-0.4, -0.2) is 305 Å². The van der Waals surface area contributed by atoms with E-state index in [4.69, 9.17) is 32.1 Å². The van der Waals surface area contributed by atoms with Crippen LogP contribution in [0.1, 0.15) is 81.2 Å². The molecule has 5 saturated heterocycles. The zero-order valence-electron chi connectivity index (χ0n) is 73.4. The Morgan fingerprint density at radius 2 is 0.739 bits per heavy atom. The summed E-state index contributed by atoms with van der Waals surface area (Å²) >= 11 is 9.36. The van der Waals surface area contributed by atoms with Crippen LogP contribution in [0.2, 0.25) is 5.15 Å². The number of carbonyl (C=O) groups is 5. The van der Waals surface area contributed by atoms with Crippen LogP contribution >= 0.6 is 27.5 Å². The number of nitrogens with one attached hydrogen (secondary N) is 1. The second kappa shape index (κ2) is 39.4.